The van der Waals surface area contributed by atoms with Crippen molar-refractivity contribution in [3.05, 3.63) is 18.2 Å². The fourth-order valence-electron chi connectivity index (χ4n) is 2.92. The Morgan fingerprint density at radius 2 is 2.05 bits per heavy atom. The van der Waals surface area contributed by atoms with Crippen molar-refractivity contribution in [2.75, 3.05) is 38.3 Å². The van der Waals surface area contributed by atoms with E-state index >= 15 is 0 Å². The summed E-state index contributed by atoms with van der Waals surface area (Å²) in [5.41, 5.74) is 7.07. The average molecular weight is 292 g/mol. The average Bonchev–Trinajstić information content (AvgIpc) is 2.53. The fourth-order valence-corrected chi connectivity index (χ4v) is 2.92. The van der Waals surface area contributed by atoms with E-state index in [9.17, 15) is 4.79 Å². The maximum absolute atomic E-state index is 11.8. The van der Waals surface area contributed by atoms with E-state index in [1.165, 1.54) is 7.11 Å². The monoisotopic (exact) mass is 292 g/mol. The minimum absolute atomic E-state index is 0.0453. The molecule has 6 nitrogen and oxygen atoms in total. The predicted octanol–water partition coefficient (Wildman–Crippen LogP) is 0.784. The summed E-state index contributed by atoms with van der Waals surface area (Å²) in [5.74, 6) is 1.11. The molecule has 3 rings (SSSR count). The zero-order valence-corrected chi connectivity index (χ0v) is 12.1. The van der Waals surface area contributed by atoms with Crippen LogP contribution in [-0.2, 0) is 9.53 Å². The molecule has 1 aromatic rings. The highest BCUT2D eigenvalue weighted by Gasteiger charge is 2.31. The van der Waals surface area contributed by atoms with Crippen LogP contribution in [0.1, 0.15) is 6.42 Å². The van der Waals surface area contributed by atoms with Gasteiger partial charge >= 0.3 is 5.97 Å². The van der Waals surface area contributed by atoms with E-state index in [4.69, 9.17) is 19.9 Å². The molecule has 0 amide bonds. The van der Waals surface area contributed by atoms with Gasteiger partial charge < -0.3 is 24.8 Å². The Labute approximate surface area is 123 Å². The number of benzene rings is 1. The molecule has 114 valence electrons. The van der Waals surface area contributed by atoms with E-state index in [1.54, 1.807) is 0 Å². The first-order valence-electron chi connectivity index (χ1n) is 7.15. The number of rotatable bonds is 2. The molecule has 1 aromatic carbocycles. The lowest BCUT2D eigenvalue weighted by Crippen LogP contribution is -2.49. The molecule has 2 atom stereocenters. The number of esters is 1. The van der Waals surface area contributed by atoms with Gasteiger partial charge in [-0.3, -0.25) is 4.79 Å². The lowest BCUT2D eigenvalue weighted by Gasteiger charge is -2.37. The highest BCUT2D eigenvalue weighted by Crippen LogP contribution is 2.35. The Hall–Kier alpha value is -1.95. The van der Waals surface area contributed by atoms with Gasteiger partial charge in [0.05, 0.1) is 13.0 Å². The summed E-state index contributed by atoms with van der Waals surface area (Å²) in [6.07, 6.45) is 0.660. The van der Waals surface area contributed by atoms with Gasteiger partial charge in [0.15, 0.2) is 11.5 Å². The number of hydrogen-bond donors (Lipinski definition) is 1. The number of piperidine rings is 1. The van der Waals surface area contributed by atoms with Crippen molar-refractivity contribution in [3.63, 3.8) is 0 Å². The maximum atomic E-state index is 11.8. The Morgan fingerprint density at radius 3 is 2.81 bits per heavy atom. The van der Waals surface area contributed by atoms with Gasteiger partial charge in [0.2, 0.25) is 0 Å². The van der Waals surface area contributed by atoms with E-state index in [0.29, 0.717) is 32.7 Å². The van der Waals surface area contributed by atoms with Gasteiger partial charge in [0, 0.05) is 30.9 Å². The number of carbonyl (C=O) groups is 1. The standard InChI is InChI=1S/C15H20N2O4/c1-19-15(18)10-6-11(16)9-17(8-10)12-2-3-13-14(7-12)21-5-4-20-13/h2-3,7,10-11H,4-6,8-9,16H2,1H3. The molecular formula is C15H20N2O4. The highest BCUT2D eigenvalue weighted by atomic mass is 16.6. The maximum Gasteiger partial charge on any atom is 0.310 e. The van der Waals surface area contributed by atoms with Crippen LogP contribution < -0.4 is 20.1 Å². The lowest BCUT2D eigenvalue weighted by molar-refractivity contribution is -0.145. The van der Waals surface area contributed by atoms with E-state index in [0.717, 1.165) is 17.2 Å². The van der Waals surface area contributed by atoms with Gasteiger partial charge in [-0.05, 0) is 18.6 Å². The SMILES string of the molecule is COC(=O)C1CC(N)CN(c2ccc3c(c2)OCCO3)C1. The van der Waals surface area contributed by atoms with Crippen LogP contribution in [0.2, 0.25) is 0 Å². The van der Waals surface area contributed by atoms with E-state index in [2.05, 4.69) is 4.90 Å². The van der Waals surface area contributed by atoms with Crippen molar-refractivity contribution in [1.29, 1.82) is 0 Å². The van der Waals surface area contributed by atoms with Crippen molar-refractivity contribution >= 4 is 11.7 Å². The molecule has 2 heterocycles. The number of hydrogen-bond acceptors (Lipinski definition) is 6. The van der Waals surface area contributed by atoms with Crippen molar-refractivity contribution in [2.24, 2.45) is 11.7 Å². The molecule has 2 N–H and O–H groups in total. The molecular weight excluding hydrogens is 272 g/mol. The summed E-state index contributed by atoms with van der Waals surface area (Å²) in [6, 6.07) is 5.77. The highest BCUT2D eigenvalue weighted by molar-refractivity contribution is 5.74. The number of fused-ring (bicyclic) bond motifs is 1. The molecule has 0 bridgehead atoms. The number of methoxy groups -OCH3 is 1. The Kier molecular flexibility index (Phi) is 3.88. The van der Waals surface area contributed by atoms with Crippen LogP contribution in [-0.4, -0.2) is 45.4 Å². The first kappa shape index (κ1) is 14.0. The second-order valence-electron chi connectivity index (χ2n) is 5.45. The molecule has 0 aliphatic carbocycles. The number of nitrogens with two attached hydrogens (primary N) is 1. The summed E-state index contributed by atoms with van der Waals surface area (Å²) in [6.45, 7) is 2.46. The van der Waals surface area contributed by atoms with E-state index in [1.807, 2.05) is 18.2 Å². The van der Waals surface area contributed by atoms with Crippen LogP contribution in [0.3, 0.4) is 0 Å². The molecule has 0 saturated carbocycles. The van der Waals surface area contributed by atoms with Gasteiger partial charge in [-0.25, -0.2) is 0 Å². The third kappa shape index (κ3) is 2.90. The van der Waals surface area contributed by atoms with E-state index in [-0.39, 0.29) is 17.9 Å². The molecule has 2 aliphatic heterocycles. The van der Waals surface area contributed by atoms with Crippen LogP contribution in [0.25, 0.3) is 0 Å². The molecule has 21 heavy (non-hydrogen) atoms. The zero-order chi connectivity index (χ0) is 14.8. The second kappa shape index (κ2) is 5.81. The van der Waals surface area contributed by atoms with Gasteiger partial charge in [-0.1, -0.05) is 0 Å². The molecule has 0 spiro atoms. The smallest absolute Gasteiger partial charge is 0.310 e. The molecule has 6 heteroatoms. The molecule has 0 radical (unpaired) electrons. The first-order chi connectivity index (χ1) is 10.2. The Bertz CT molecular complexity index is 534. The fraction of sp³-hybridized carbons (Fsp3) is 0.533. The molecule has 1 fully saturated rings. The summed E-state index contributed by atoms with van der Waals surface area (Å²) in [7, 11) is 1.41. The van der Waals surface area contributed by atoms with Crippen LogP contribution in [0, 0.1) is 5.92 Å². The molecule has 1 saturated heterocycles. The predicted molar refractivity (Wildman–Crippen MR) is 77.7 cm³/mol. The largest absolute Gasteiger partial charge is 0.486 e. The van der Waals surface area contributed by atoms with E-state index < -0.39 is 0 Å². The van der Waals surface area contributed by atoms with Crippen molar-refractivity contribution < 1.29 is 19.0 Å². The minimum atomic E-state index is -0.201. The zero-order valence-electron chi connectivity index (χ0n) is 12.1. The quantitative estimate of drug-likeness (QED) is 0.812. The number of nitrogens with zero attached hydrogens (tertiary/aromatic N) is 1. The van der Waals surface area contributed by atoms with Crippen molar-refractivity contribution in [2.45, 2.75) is 12.5 Å². The summed E-state index contributed by atoms with van der Waals surface area (Å²) < 4.78 is 16.0. The van der Waals surface area contributed by atoms with Crippen LogP contribution in [0.4, 0.5) is 5.69 Å². The molecule has 2 aliphatic rings. The van der Waals surface area contributed by atoms with Gasteiger partial charge in [0.25, 0.3) is 0 Å². The minimum Gasteiger partial charge on any atom is -0.486 e. The lowest BCUT2D eigenvalue weighted by atomic mass is 9.94. The molecule has 0 aromatic heterocycles. The summed E-state index contributed by atoms with van der Waals surface area (Å²) in [4.78, 5) is 13.9. The summed E-state index contributed by atoms with van der Waals surface area (Å²) >= 11 is 0. The van der Waals surface area contributed by atoms with Crippen LogP contribution >= 0.6 is 0 Å². The van der Waals surface area contributed by atoms with Crippen molar-refractivity contribution in [1.82, 2.24) is 0 Å². The Morgan fingerprint density at radius 1 is 1.29 bits per heavy atom. The second-order valence-corrected chi connectivity index (χ2v) is 5.45. The third-order valence-electron chi connectivity index (χ3n) is 3.91. The topological polar surface area (TPSA) is 74.0 Å². The summed E-state index contributed by atoms with van der Waals surface area (Å²) in [5, 5.41) is 0. The normalized spacial score (nSPS) is 24.6. The van der Waals surface area contributed by atoms with Gasteiger partial charge in [-0.15, -0.1) is 0 Å². The Balaban J connectivity index is 1.80. The molecule has 2 unspecified atom stereocenters. The van der Waals surface area contributed by atoms with Crippen LogP contribution in [0.15, 0.2) is 18.2 Å². The van der Waals surface area contributed by atoms with Gasteiger partial charge in [0.1, 0.15) is 13.2 Å². The number of carbonyl (C=O) groups excluding carboxylic acids is 1. The number of ether oxygens (including phenoxy) is 3. The van der Waals surface area contributed by atoms with Crippen LogP contribution in [0.5, 0.6) is 11.5 Å². The number of anilines is 1. The van der Waals surface area contributed by atoms with Gasteiger partial charge in [-0.2, -0.15) is 0 Å². The van der Waals surface area contributed by atoms with Crippen molar-refractivity contribution in [3.8, 4) is 11.5 Å². The first-order valence-corrected chi connectivity index (χ1v) is 7.15. The third-order valence-corrected chi connectivity index (χ3v) is 3.91.